The van der Waals surface area contributed by atoms with E-state index in [9.17, 15) is 18.3 Å². The van der Waals surface area contributed by atoms with Crippen LogP contribution in [0.2, 0.25) is 0 Å². The molecule has 8 nitrogen and oxygen atoms in total. The summed E-state index contributed by atoms with van der Waals surface area (Å²) in [4.78, 5) is 18.4. The molecule has 1 aliphatic heterocycles. The summed E-state index contributed by atoms with van der Waals surface area (Å²) in [6.07, 6.45) is 6.98. The Hall–Kier alpha value is -2.68. The number of ketones is 1. The number of hydrogen-bond acceptors (Lipinski definition) is 7. The molecule has 0 saturated heterocycles. The van der Waals surface area contributed by atoms with Crippen LogP contribution in [0.15, 0.2) is 28.4 Å². The highest BCUT2D eigenvalue weighted by atomic mass is 32.2. The maximum atomic E-state index is 13.2. The maximum Gasteiger partial charge on any atom is 0.221 e. The van der Waals surface area contributed by atoms with E-state index in [0.29, 0.717) is 35.4 Å². The lowest BCUT2D eigenvalue weighted by Gasteiger charge is -2.14. The summed E-state index contributed by atoms with van der Waals surface area (Å²) in [7, 11) is -3.53. The monoisotopic (exact) mass is 417 g/mol. The normalized spacial score (nSPS) is 17.4. The summed E-state index contributed by atoms with van der Waals surface area (Å²) < 4.78 is 26.1. The van der Waals surface area contributed by atoms with Crippen LogP contribution in [0.1, 0.15) is 65.2 Å². The highest BCUT2D eigenvalue weighted by Crippen LogP contribution is 2.35. The van der Waals surface area contributed by atoms with Gasteiger partial charge in [0, 0.05) is 23.8 Å². The van der Waals surface area contributed by atoms with Crippen LogP contribution in [0, 0.1) is 6.92 Å². The minimum Gasteiger partial charge on any atom is -0.493 e. The van der Waals surface area contributed by atoms with Crippen molar-refractivity contribution in [3.8, 4) is 5.88 Å². The molecule has 29 heavy (non-hydrogen) atoms. The molecule has 0 atom stereocenters. The lowest BCUT2D eigenvalue weighted by molar-refractivity contribution is 0.103. The van der Waals surface area contributed by atoms with Crippen molar-refractivity contribution in [3.63, 3.8) is 0 Å². The van der Waals surface area contributed by atoms with Crippen LogP contribution in [0.25, 0.3) is 0 Å². The summed E-state index contributed by atoms with van der Waals surface area (Å²) in [6.45, 7) is 2.06. The Morgan fingerprint density at radius 3 is 2.59 bits per heavy atom. The molecule has 0 radical (unpaired) electrons. The molecule has 1 aromatic carbocycles. The molecule has 1 aromatic heterocycles. The van der Waals surface area contributed by atoms with Gasteiger partial charge in [0.05, 0.1) is 22.8 Å². The van der Waals surface area contributed by atoms with Crippen LogP contribution in [0.3, 0.4) is 0 Å². The summed E-state index contributed by atoms with van der Waals surface area (Å²) in [6, 6.07) is 3.01. The Bertz CT molecular complexity index is 1110. The molecule has 4 rings (SSSR count). The largest absolute Gasteiger partial charge is 0.493 e. The molecule has 9 heteroatoms. The van der Waals surface area contributed by atoms with Gasteiger partial charge >= 0.3 is 0 Å². The number of carbonyl (C=O) groups excluding carboxylic acids is 1. The van der Waals surface area contributed by atoms with Gasteiger partial charge in [0.25, 0.3) is 0 Å². The van der Waals surface area contributed by atoms with E-state index in [1.807, 2.05) is 0 Å². The average molecular weight is 417 g/mol. The van der Waals surface area contributed by atoms with Gasteiger partial charge in [0.15, 0.2) is 15.6 Å². The van der Waals surface area contributed by atoms with Gasteiger partial charge in [0.1, 0.15) is 12.2 Å². The topological polar surface area (TPSA) is 111 Å². The first-order valence-electron chi connectivity index (χ1n) is 9.63. The zero-order chi connectivity index (χ0) is 20.8. The molecule has 2 heterocycles. The second-order valence-corrected chi connectivity index (χ2v) is 9.58. The van der Waals surface area contributed by atoms with Crippen LogP contribution in [0.5, 0.6) is 5.88 Å². The molecular weight excluding hydrogens is 394 g/mol. The quantitative estimate of drug-likeness (QED) is 0.749. The molecule has 1 N–H and O–H groups in total. The summed E-state index contributed by atoms with van der Waals surface area (Å²) >= 11 is 0. The standard InChI is InChI=1S/C20H23N3O5S/c1-12-14(7-8-17(29(2,26)27)18(12)16-9-10-28-22-16)19(24)15-11-21-23(20(15)25)13-5-3-4-6-13/h7-8,11,13,25H,3-6,9-10H2,1-2H3. The van der Waals surface area contributed by atoms with Crippen molar-refractivity contribution in [1.82, 2.24) is 9.78 Å². The van der Waals surface area contributed by atoms with Crippen molar-refractivity contribution in [2.75, 3.05) is 12.9 Å². The van der Waals surface area contributed by atoms with Crippen LogP contribution >= 0.6 is 0 Å². The lowest BCUT2D eigenvalue weighted by Crippen LogP contribution is -2.14. The van der Waals surface area contributed by atoms with Gasteiger partial charge in [-0.2, -0.15) is 5.10 Å². The Kier molecular flexibility index (Phi) is 4.94. The molecule has 1 fully saturated rings. The van der Waals surface area contributed by atoms with Gasteiger partial charge in [-0.3, -0.25) is 4.79 Å². The number of hydrogen-bond donors (Lipinski definition) is 1. The first-order valence-corrected chi connectivity index (χ1v) is 11.5. The number of sulfone groups is 1. The van der Waals surface area contributed by atoms with E-state index in [-0.39, 0.29) is 22.4 Å². The van der Waals surface area contributed by atoms with Crippen molar-refractivity contribution >= 4 is 21.3 Å². The number of oxime groups is 1. The van der Waals surface area contributed by atoms with E-state index in [1.165, 1.54) is 23.0 Å². The fourth-order valence-electron chi connectivity index (χ4n) is 4.16. The fraction of sp³-hybridized carbons (Fsp3) is 0.450. The summed E-state index contributed by atoms with van der Waals surface area (Å²) in [5.74, 6) is -0.540. The van der Waals surface area contributed by atoms with Gasteiger partial charge < -0.3 is 9.94 Å². The van der Waals surface area contributed by atoms with Gasteiger partial charge in [-0.05, 0) is 37.5 Å². The third kappa shape index (κ3) is 3.43. The number of rotatable bonds is 5. The summed E-state index contributed by atoms with van der Waals surface area (Å²) in [5.41, 5.74) is 1.82. The van der Waals surface area contributed by atoms with Crippen molar-refractivity contribution in [3.05, 3.63) is 40.6 Å². The number of carbonyl (C=O) groups is 1. The Morgan fingerprint density at radius 2 is 1.97 bits per heavy atom. The van der Waals surface area contributed by atoms with E-state index in [0.717, 1.165) is 31.9 Å². The Morgan fingerprint density at radius 1 is 1.24 bits per heavy atom. The van der Waals surface area contributed by atoms with Crippen molar-refractivity contribution < 1.29 is 23.2 Å². The molecule has 0 unspecified atom stereocenters. The SMILES string of the molecule is Cc1c(C(=O)c2cnn(C3CCCC3)c2O)ccc(S(C)(=O)=O)c1C1=NOCC1. The van der Waals surface area contributed by atoms with Crippen LogP contribution in [-0.2, 0) is 14.7 Å². The minimum atomic E-state index is -3.53. The number of nitrogens with zero attached hydrogens (tertiary/aromatic N) is 3. The predicted molar refractivity (Wildman–Crippen MR) is 106 cm³/mol. The van der Waals surface area contributed by atoms with Gasteiger partial charge in [-0.25, -0.2) is 13.1 Å². The third-order valence-corrected chi connectivity index (χ3v) is 6.79. The fourth-order valence-corrected chi connectivity index (χ4v) is 5.12. The smallest absolute Gasteiger partial charge is 0.221 e. The van der Waals surface area contributed by atoms with E-state index in [2.05, 4.69) is 10.3 Å². The molecule has 0 spiro atoms. The molecule has 154 valence electrons. The van der Waals surface area contributed by atoms with Crippen molar-refractivity contribution in [1.29, 1.82) is 0 Å². The van der Waals surface area contributed by atoms with Gasteiger partial charge in [-0.1, -0.05) is 18.0 Å². The molecule has 0 bridgehead atoms. The van der Waals surface area contributed by atoms with E-state index >= 15 is 0 Å². The van der Waals surface area contributed by atoms with Gasteiger partial charge in [0.2, 0.25) is 5.88 Å². The predicted octanol–water partition coefficient (Wildman–Crippen LogP) is 2.77. The first-order chi connectivity index (χ1) is 13.8. The molecule has 2 aliphatic rings. The number of aromatic hydroxyl groups is 1. The van der Waals surface area contributed by atoms with Crippen molar-refractivity contribution in [2.45, 2.75) is 50.0 Å². The highest BCUT2D eigenvalue weighted by molar-refractivity contribution is 7.90. The Balaban J connectivity index is 1.80. The minimum absolute atomic E-state index is 0.103. The van der Waals surface area contributed by atoms with Crippen molar-refractivity contribution in [2.24, 2.45) is 5.16 Å². The number of aromatic nitrogens is 2. The third-order valence-electron chi connectivity index (χ3n) is 5.65. The molecular formula is C20H23N3O5S. The zero-order valence-corrected chi connectivity index (χ0v) is 17.2. The number of benzene rings is 1. The summed E-state index contributed by atoms with van der Waals surface area (Å²) in [5, 5.41) is 18.8. The second kappa shape index (κ2) is 7.29. The zero-order valence-electron chi connectivity index (χ0n) is 16.4. The Labute approximate surface area is 169 Å². The van der Waals surface area contributed by atoms with E-state index < -0.39 is 15.6 Å². The van der Waals surface area contributed by atoms with Crippen LogP contribution < -0.4 is 0 Å². The molecule has 1 aliphatic carbocycles. The molecule has 2 aromatic rings. The second-order valence-electron chi connectivity index (χ2n) is 7.60. The first kappa shape index (κ1) is 19.6. The molecule has 1 saturated carbocycles. The van der Waals surface area contributed by atoms with Crippen LogP contribution in [0.4, 0.5) is 0 Å². The average Bonchev–Trinajstić information content (AvgIpc) is 3.41. The van der Waals surface area contributed by atoms with E-state index in [1.54, 1.807) is 6.92 Å². The lowest BCUT2D eigenvalue weighted by atomic mass is 9.93. The highest BCUT2D eigenvalue weighted by Gasteiger charge is 2.29. The molecule has 0 amide bonds. The van der Waals surface area contributed by atoms with E-state index in [4.69, 9.17) is 4.84 Å². The van der Waals surface area contributed by atoms with Crippen LogP contribution in [-0.4, -0.2) is 47.7 Å². The van der Waals surface area contributed by atoms with Gasteiger partial charge in [-0.15, -0.1) is 0 Å². The maximum absolute atomic E-state index is 13.2.